The topological polar surface area (TPSA) is 67.4 Å². The van der Waals surface area contributed by atoms with E-state index in [1.54, 1.807) is 0 Å². The smallest absolute Gasteiger partial charge is 0.310 e. The molecule has 0 bridgehead atoms. The minimum atomic E-state index is -0.805. The Balaban J connectivity index is 1.76. The molecule has 5 nitrogen and oxygen atoms in total. The van der Waals surface area contributed by atoms with E-state index >= 15 is 0 Å². The fraction of sp³-hybridized carbons (Fsp3) is 0.333. The maximum absolute atomic E-state index is 12.9. The third-order valence-corrected chi connectivity index (χ3v) is 5.69. The van der Waals surface area contributed by atoms with Crippen molar-refractivity contribution in [1.82, 2.24) is 10.6 Å². The van der Waals surface area contributed by atoms with Crippen LogP contribution in [-0.2, 0) is 14.3 Å². The summed E-state index contributed by atoms with van der Waals surface area (Å²) in [5.41, 5.74) is 1.28. The van der Waals surface area contributed by atoms with E-state index in [1.807, 2.05) is 60.7 Å². The molecule has 2 aliphatic heterocycles. The molecule has 1 spiro atoms. The van der Waals surface area contributed by atoms with Crippen LogP contribution >= 0.6 is 0 Å². The molecule has 0 aliphatic carbocycles. The first-order valence-electron chi connectivity index (χ1n) is 8.89. The molecule has 0 saturated carbocycles. The summed E-state index contributed by atoms with van der Waals surface area (Å²) in [7, 11) is 1.40. The van der Waals surface area contributed by atoms with Crippen molar-refractivity contribution in [3.05, 3.63) is 71.8 Å². The van der Waals surface area contributed by atoms with E-state index in [4.69, 9.17) is 4.74 Å². The van der Waals surface area contributed by atoms with Crippen molar-refractivity contribution in [3.63, 3.8) is 0 Å². The summed E-state index contributed by atoms with van der Waals surface area (Å²) < 4.78 is 5.05. The van der Waals surface area contributed by atoms with Gasteiger partial charge in [-0.2, -0.15) is 0 Å². The lowest BCUT2D eigenvalue weighted by Crippen LogP contribution is -2.50. The third-order valence-electron chi connectivity index (χ3n) is 5.69. The molecule has 2 aromatic carbocycles. The van der Waals surface area contributed by atoms with Gasteiger partial charge in [-0.3, -0.25) is 14.9 Å². The average molecular weight is 350 g/mol. The number of methoxy groups -OCH3 is 1. The molecule has 134 valence electrons. The predicted octanol–water partition coefficient (Wildman–Crippen LogP) is 2.16. The van der Waals surface area contributed by atoms with E-state index in [0.717, 1.165) is 11.1 Å². The van der Waals surface area contributed by atoms with E-state index in [-0.39, 0.29) is 23.8 Å². The largest absolute Gasteiger partial charge is 0.469 e. The first kappa shape index (κ1) is 16.8. The van der Waals surface area contributed by atoms with E-state index in [0.29, 0.717) is 13.0 Å². The van der Waals surface area contributed by atoms with Crippen LogP contribution in [0.25, 0.3) is 0 Å². The number of benzene rings is 2. The SMILES string of the molecule is COC(=O)[C@H]1C[C@]2(N[C@H]1c1ccccc1)C(=O)NC[C@H]2c1ccccc1. The van der Waals surface area contributed by atoms with Crippen molar-refractivity contribution in [3.8, 4) is 0 Å². The molecule has 26 heavy (non-hydrogen) atoms. The monoisotopic (exact) mass is 350 g/mol. The highest BCUT2D eigenvalue weighted by molar-refractivity contribution is 5.92. The molecule has 2 aliphatic rings. The summed E-state index contributed by atoms with van der Waals surface area (Å²) in [5.74, 6) is -0.761. The molecular weight excluding hydrogens is 328 g/mol. The molecule has 2 fully saturated rings. The molecular formula is C21H22N2O3. The number of nitrogens with one attached hydrogen (secondary N) is 2. The van der Waals surface area contributed by atoms with Gasteiger partial charge in [0.15, 0.2) is 0 Å². The van der Waals surface area contributed by atoms with Gasteiger partial charge in [-0.05, 0) is 17.5 Å². The predicted molar refractivity (Wildman–Crippen MR) is 97.4 cm³/mol. The van der Waals surface area contributed by atoms with Gasteiger partial charge in [0.2, 0.25) is 5.91 Å². The number of hydrogen-bond donors (Lipinski definition) is 2. The number of hydrogen-bond acceptors (Lipinski definition) is 4. The lowest BCUT2D eigenvalue weighted by Gasteiger charge is -2.29. The molecule has 0 radical (unpaired) electrons. The van der Waals surface area contributed by atoms with Gasteiger partial charge < -0.3 is 10.1 Å². The number of rotatable bonds is 3. The molecule has 0 unspecified atom stereocenters. The molecule has 4 atom stereocenters. The molecule has 2 heterocycles. The standard InChI is InChI=1S/C21H22N2O3/c1-26-19(24)16-12-21(23-18(16)15-10-6-3-7-11-15)17(13-22-20(21)25)14-8-4-2-5-9-14/h2-11,16-18,23H,12-13H2,1H3,(H,22,25)/t16-,17-,18-,21+/m0/s1. The zero-order chi connectivity index (χ0) is 18.1. The fourth-order valence-electron chi connectivity index (χ4n) is 4.42. The summed E-state index contributed by atoms with van der Waals surface area (Å²) in [6, 6.07) is 19.5. The molecule has 0 aromatic heterocycles. The number of ether oxygens (including phenoxy) is 1. The molecule has 2 N–H and O–H groups in total. The number of carbonyl (C=O) groups is 2. The van der Waals surface area contributed by atoms with Crippen molar-refractivity contribution < 1.29 is 14.3 Å². The van der Waals surface area contributed by atoms with Gasteiger partial charge in [0.05, 0.1) is 13.0 Å². The molecule has 5 heteroatoms. The van der Waals surface area contributed by atoms with E-state index in [1.165, 1.54) is 7.11 Å². The van der Waals surface area contributed by atoms with Crippen LogP contribution in [0.4, 0.5) is 0 Å². The Morgan fingerprint density at radius 2 is 1.65 bits per heavy atom. The molecule has 1 amide bonds. The van der Waals surface area contributed by atoms with Crippen molar-refractivity contribution in [2.75, 3.05) is 13.7 Å². The fourth-order valence-corrected chi connectivity index (χ4v) is 4.42. The Hall–Kier alpha value is -2.66. The van der Waals surface area contributed by atoms with Gasteiger partial charge in [0.25, 0.3) is 0 Å². The van der Waals surface area contributed by atoms with Gasteiger partial charge >= 0.3 is 5.97 Å². The lowest BCUT2D eigenvalue weighted by atomic mass is 9.78. The number of carbonyl (C=O) groups excluding carboxylic acids is 2. The maximum Gasteiger partial charge on any atom is 0.310 e. The van der Waals surface area contributed by atoms with Gasteiger partial charge in [0.1, 0.15) is 5.54 Å². The Kier molecular flexibility index (Phi) is 4.24. The Morgan fingerprint density at radius 1 is 1.04 bits per heavy atom. The van der Waals surface area contributed by atoms with E-state index < -0.39 is 11.5 Å². The third kappa shape index (κ3) is 2.59. The van der Waals surface area contributed by atoms with Crippen molar-refractivity contribution in [2.24, 2.45) is 5.92 Å². The zero-order valence-corrected chi connectivity index (χ0v) is 14.6. The van der Waals surface area contributed by atoms with Crippen LogP contribution in [0, 0.1) is 5.92 Å². The molecule has 4 rings (SSSR count). The van der Waals surface area contributed by atoms with Gasteiger partial charge in [-0.15, -0.1) is 0 Å². The van der Waals surface area contributed by atoms with Crippen LogP contribution in [0.15, 0.2) is 60.7 Å². The van der Waals surface area contributed by atoms with Gasteiger partial charge in [0, 0.05) is 18.5 Å². The van der Waals surface area contributed by atoms with E-state index in [9.17, 15) is 9.59 Å². The second-order valence-electron chi connectivity index (χ2n) is 7.01. The summed E-state index contributed by atoms with van der Waals surface area (Å²) in [6.07, 6.45) is 0.421. The Morgan fingerprint density at radius 3 is 2.27 bits per heavy atom. The second-order valence-corrected chi connectivity index (χ2v) is 7.01. The highest BCUT2D eigenvalue weighted by atomic mass is 16.5. The average Bonchev–Trinajstić information content (AvgIpc) is 3.24. The Bertz CT molecular complexity index is 809. The zero-order valence-electron chi connectivity index (χ0n) is 14.6. The molecule has 2 aromatic rings. The highest BCUT2D eigenvalue weighted by Gasteiger charge is 2.59. The van der Waals surface area contributed by atoms with Crippen LogP contribution in [0.2, 0.25) is 0 Å². The minimum absolute atomic E-state index is 0.0305. The number of esters is 1. The van der Waals surface area contributed by atoms with Gasteiger partial charge in [-0.1, -0.05) is 60.7 Å². The van der Waals surface area contributed by atoms with Crippen molar-refractivity contribution in [1.29, 1.82) is 0 Å². The quantitative estimate of drug-likeness (QED) is 0.833. The van der Waals surface area contributed by atoms with Crippen LogP contribution in [-0.4, -0.2) is 31.1 Å². The van der Waals surface area contributed by atoms with Crippen molar-refractivity contribution >= 4 is 11.9 Å². The van der Waals surface area contributed by atoms with E-state index in [2.05, 4.69) is 10.6 Å². The number of amides is 1. The van der Waals surface area contributed by atoms with Crippen LogP contribution in [0.1, 0.15) is 29.5 Å². The first-order chi connectivity index (χ1) is 12.7. The second kappa shape index (κ2) is 6.57. The summed E-state index contributed by atoms with van der Waals surface area (Å²) in [6.45, 7) is 0.561. The highest BCUT2D eigenvalue weighted by Crippen LogP contribution is 2.47. The van der Waals surface area contributed by atoms with Crippen LogP contribution in [0.3, 0.4) is 0 Å². The summed E-state index contributed by atoms with van der Waals surface area (Å²) in [4.78, 5) is 25.4. The first-order valence-corrected chi connectivity index (χ1v) is 8.89. The van der Waals surface area contributed by atoms with Crippen LogP contribution in [0.5, 0.6) is 0 Å². The lowest BCUT2D eigenvalue weighted by molar-refractivity contribution is -0.145. The molecule has 2 saturated heterocycles. The summed E-state index contributed by atoms with van der Waals surface area (Å²) in [5, 5.41) is 6.53. The summed E-state index contributed by atoms with van der Waals surface area (Å²) >= 11 is 0. The minimum Gasteiger partial charge on any atom is -0.469 e. The van der Waals surface area contributed by atoms with Crippen LogP contribution < -0.4 is 10.6 Å². The maximum atomic E-state index is 12.9. The normalized spacial score (nSPS) is 30.3. The van der Waals surface area contributed by atoms with Crippen molar-refractivity contribution in [2.45, 2.75) is 23.9 Å². The Labute approximate surface area is 152 Å². The van der Waals surface area contributed by atoms with Gasteiger partial charge in [-0.25, -0.2) is 0 Å².